The molecule has 1 aliphatic rings. The summed E-state index contributed by atoms with van der Waals surface area (Å²) in [6.45, 7) is 5.26. The lowest BCUT2D eigenvalue weighted by Crippen LogP contribution is -2.55. The number of likely N-dealkylation sites (N-methyl/N-ethyl adjacent to an activating group) is 1. The first kappa shape index (κ1) is 14.5. The fourth-order valence-electron chi connectivity index (χ4n) is 2.93. The zero-order valence-corrected chi connectivity index (χ0v) is 11.5. The lowest BCUT2D eigenvalue weighted by Gasteiger charge is -2.43. The van der Waals surface area contributed by atoms with Crippen molar-refractivity contribution in [2.75, 3.05) is 13.6 Å². The molecule has 0 saturated heterocycles. The maximum absolute atomic E-state index is 11.6. The molecule has 0 bridgehead atoms. The zero-order valence-electron chi connectivity index (χ0n) is 11.5. The SMILES string of the molecule is CCCCN(C)C1(C(=O)O)CCC(CC)CC1. The molecule has 1 fully saturated rings. The monoisotopic (exact) mass is 241 g/mol. The van der Waals surface area contributed by atoms with Gasteiger partial charge in [0, 0.05) is 0 Å². The number of hydrogen-bond donors (Lipinski definition) is 1. The smallest absolute Gasteiger partial charge is 0.324 e. The fourth-order valence-corrected chi connectivity index (χ4v) is 2.93. The van der Waals surface area contributed by atoms with Gasteiger partial charge in [0.15, 0.2) is 0 Å². The molecule has 0 spiro atoms. The third-order valence-electron chi connectivity index (χ3n) is 4.49. The van der Waals surface area contributed by atoms with Gasteiger partial charge in [0.2, 0.25) is 0 Å². The van der Waals surface area contributed by atoms with E-state index in [4.69, 9.17) is 0 Å². The third kappa shape index (κ3) is 3.21. The van der Waals surface area contributed by atoms with E-state index in [1.54, 1.807) is 0 Å². The van der Waals surface area contributed by atoms with Crippen molar-refractivity contribution in [2.24, 2.45) is 5.92 Å². The third-order valence-corrected chi connectivity index (χ3v) is 4.49. The second-order valence-corrected chi connectivity index (χ2v) is 5.46. The molecule has 1 rings (SSSR count). The van der Waals surface area contributed by atoms with E-state index in [2.05, 4.69) is 18.7 Å². The van der Waals surface area contributed by atoms with Gasteiger partial charge in [-0.15, -0.1) is 0 Å². The molecule has 3 nitrogen and oxygen atoms in total. The average Bonchev–Trinajstić information content (AvgIpc) is 2.35. The van der Waals surface area contributed by atoms with Crippen LogP contribution in [0.5, 0.6) is 0 Å². The number of aliphatic carboxylic acids is 1. The molecule has 0 atom stereocenters. The summed E-state index contributed by atoms with van der Waals surface area (Å²) in [5, 5.41) is 9.58. The quantitative estimate of drug-likeness (QED) is 0.776. The maximum Gasteiger partial charge on any atom is 0.324 e. The second-order valence-electron chi connectivity index (χ2n) is 5.46. The molecule has 0 unspecified atom stereocenters. The highest BCUT2D eigenvalue weighted by atomic mass is 16.4. The minimum Gasteiger partial charge on any atom is -0.480 e. The van der Waals surface area contributed by atoms with E-state index < -0.39 is 11.5 Å². The first-order chi connectivity index (χ1) is 8.06. The number of carboxylic acid groups (broad SMARTS) is 1. The Bertz CT molecular complexity index is 245. The first-order valence-electron chi connectivity index (χ1n) is 7.01. The van der Waals surface area contributed by atoms with Gasteiger partial charge < -0.3 is 5.11 Å². The largest absolute Gasteiger partial charge is 0.480 e. The van der Waals surface area contributed by atoms with Gasteiger partial charge in [-0.2, -0.15) is 0 Å². The summed E-state index contributed by atoms with van der Waals surface area (Å²) < 4.78 is 0. The summed E-state index contributed by atoms with van der Waals surface area (Å²) in [4.78, 5) is 13.7. The number of hydrogen-bond acceptors (Lipinski definition) is 2. The van der Waals surface area contributed by atoms with Crippen LogP contribution >= 0.6 is 0 Å². The van der Waals surface area contributed by atoms with Crippen molar-refractivity contribution in [3.63, 3.8) is 0 Å². The van der Waals surface area contributed by atoms with Crippen LogP contribution in [0.1, 0.15) is 58.8 Å². The van der Waals surface area contributed by atoms with Gasteiger partial charge in [-0.05, 0) is 51.6 Å². The molecule has 0 heterocycles. The molecule has 0 aromatic heterocycles. The molecular formula is C14H27NO2. The Hall–Kier alpha value is -0.570. The summed E-state index contributed by atoms with van der Waals surface area (Å²) in [6.07, 6.45) is 7.18. The highest BCUT2D eigenvalue weighted by Gasteiger charge is 2.44. The van der Waals surface area contributed by atoms with Crippen LogP contribution in [0.15, 0.2) is 0 Å². The van der Waals surface area contributed by atoms with Crippen LogP contribution in [-0.2, 0) is 4.79 Å². The Morgan fingerprint density at radius 3 is 2.35 bits per heavy atom. The van der Waals surface area contributed by atoms with Crippen molar-refractivity contribution in [2.45, 2.75) is 64.3 Å². The number of unbranched alkanes of at least 4 members (excludes halogenated alkanes) is 1. The molecule has 1 saturated carbocycles. The predicted octanol–water partition coefficient (Wildman–Crippen LogP) is 3.14. The van der Waals surface area contributed by atoms with E-state index in [0.717, 1.165) is 51.0 Å². The number of carboxylic acids is 1. The second kappa shape index (κ2) is 6.39. The van der Waals surface area contributed by atoms with Crippen LogP contribution in [0, 0.1) is 5.92 Å². The van der Waals surface area contributed by atoms with Gasteiger partial charge in [-0.25, -0.2) is 0 Å². The standard InChI is InChI=1S/C14H27NO2/c1-4-6-11-15(3)14(13(16)17)9-7-12(5-2)8-10-14/h12H,4-11H2,1-3H3,(H,16,17). The van der Waals surface area contributed by atoms with Crippen molar-refractivity contribution >= 4 is 5.97 Å². The summed E-state index contributed by atoms with van der Waals surface area (Å²) in [5.41, 5.74) is -0.582. The van der Waals surface area contributed by atoms with Gasteiger partial charge in [0.1, 0.15) is 5.54 Å². The number of carbonyl (C=O) groups is 1. The van der Waals surface area contributed by atoms with Crippen LogP contribution in [0.2, 0.25) is 0 Å². The Morgan fingerprint density at radius 2 is 1.94 bits per heavy atom. The van der Waals surface area contributed by atoms with Crippen LogP contribution in [0.4, 0.5) is 0 Å². The molecule has 0 aromatic carbocycles. The molecular weight excluding hydrogens is 214 g/mol. The molecule has 0 aromatic rings. The highest BCUT2D eigenvalue weighted by molar-refractivity contribution is 5.78. The van der Waals surface area contributed by atoms with E-state index in [1.807, 2.05) is 7.05 Å². The van der Waals surface area contributed by atoms with Crippen LogP contribution in [0.25, 0.3) is 0 Å². The Balaban J connectivity index is 2.67. The molecule has 3 heteroatoms. The van der Waals surface area contributed by atoms with Crippen molar-refractivity contribution in [3.8, 4) is 0 Å². The Labute approximate surface area is 105 Å². The zero-order chi connectivity index (χ0) is 12.9. The van der Waals surface area contributed by atoms with Gasteiger partial charge in [-0.1, -0.05) is 26.7 Å². The molecule has 17 heavy (non-hydrogen) atoms. The van der Waals surface area contributed by atoms with Crippen LogP contribution in [0.3, 0.4) is 0 Å². The normalized spacial score (nSPS) is 29.5. The number of nitrogens with zero attached hydrogens (tertiary/aromatic N) is 1. The van der Waals surface area contributed by atoms with Crippen molar-refractivity contribution < 1.29 is 9.90 Å². The molecule has 100 valence electrons. The number of rotatable bonds is 6. The summed E-state index contributed by atoms with van der Waals surface area (Å²) in [5.74, 6) is 0.118. The van der Waals surface area contributed by atoms with Crippen LogP contribution < -0.4 is 0 Å². The maximum atomic E-state index is 11.6. The Morgan fingerprint density at radius 1 is 1.35 bits per heavy atom. The van der Waals surface area contributed by atoms with Crippen molar-refractivity contribution in [1.82, 2.24) is 4.90 Å². The van der Waals surface area contributed by atoms with Gasteiger partial charge in [0.25, 0.3) is 0 Å². The molecule has 0 amide bonds. The molecule has 0 aliphatic heterocycles. The molecule has 1 aliphatic carbocycles. The van der Waals surface area contributed by atoms with E-state index in [1.165, 1.54) is 6.42 Å². The first-order valence-corrected chi connectivity index (χ1v) is 7.01. The van der Waals surface area contributed by atoms with E-state index in [9.17, 15) is 9.90 Å². The van der Waals surface area contributed by atoms with Crippen molar-refractivity contribution in [1.29, 1.82) is 0 Å². The fraction of sp³-hybridized carbons (Fsp3) is 0.929. The summed E-state index contributed by atoms with van der Waals surface area (Å²) in [7, 11) is 1.98. The average molecular weight is 241 g/mol. The van der Waals surface area contributed by atoms with E-state index in [-0.39, 0.29) is 0 Å². The highest BCUT2D eigenvalue weighted by Crippen LogP contribution is 2.37. The van der Waals surface area contributed by atoms with E-state index in [0.29, 0.717) is 0 Å². The van der Waals surface area contributed by atoms with Gasteiger partial charge in [0.05, 0.1) is 0 Å². The lowest BCUT2D eigenvalue weighted by molar-refractivity contribution is -0.154. The van der Waals surface area contributed by atoms with Crippen molar-refractivity contribution in [3.05, 3.63) is 0 Å². The van der Waals surface area contributed by atoms with Gasteiger partial charge in [-0.3, -0.25) is 9.69 Å². The van der Waals surface area contributed by atoms with Gasteiger partial charge >= 0.3 is 5.97 Å². The van der Waals surface area contributed by atoms with E-state index >= 15 is 0 Å². The lowest BCUT2D eigenvalue weighted by atomic mass is 9.74. The predicted molar refractivity (Wildman–Crippen MR) is 70.2 cm³/mol. The minimum absolute atomic E-state index is 0.582. The molecule has 0 radical (unpaired) electrons. The topological polar surface area (TPSA) is 40.5 Å². The minimum atomic E-state index is -0.620. The van der Waals surface area contributed by atoms with Crippen LogP contribution in [-0.4, -0.2) is 35.1 Å². The molecule has 1 N–H and O–H groups in total. The summed E-state index contributed by atoms with van der Waals surface area (Å²) >= 11 is 0. The Kier molecular flexibility index (Phi) is 5.44. The summed E-state index contributed by atoms with van der Waals surface area (Å²) in [6, 6.07) is 0.